The molecule has 22 heavy (non-hydrogen) atoms. The minimum atomic E-state index is -0.336. The van der Waals surface area contributed by atoms with E-state index in [4.69, 9.17) is 4.74 Å². The number of rotatable bonds is 6. The van der Waals surface area contributed by atoms with Crippen LogP contribution in [0.15, 0.2) is 41.2 Å². The van der Waals surface area contributed by atoms with Crippen molar-refractivity contribution in [2.45, 2.75) is 13.5 Å². The molecule has 0 aliphatic rings. The van der Waals surface area contributed by atoms with Gasteiger partial charge in [-0.3, -0.25) is 9.59 Å². The molecule has 0 aliphatic carbocycles. The van der Waals surface area contributed by atoms with E-state index in [1.807, 2.05) is 0 Å². The van der Waals surface area contributed by atoms with Crippen LogP contribution in [0.4, 0.5) is 4.39 Å². The summed E-state index contributed by atoms with van der Waals surface area (Å²) in [6.45, 7) is 2.12. The molecule has 1 heterocycles. The third kappa shape index (κ3) is 4.69. The first-order valence-electron chi connectivity index (χ1n) is 6.74. The predicted molar refractivity (Wildman–Crippen MR) is 78.1 cm³/mol. The van der Waals surface area contributed by atoms with Gasteiger partial charge in [-0.25, -0.2) is 9.07 Å². The molecule has 6 nitrogen and oxygen atoms in total. The highest BCUT2D eigenvalue weighted by Gasteiger charge is 2.05. The lowest BCUT2D eigenvalue weighted by Crippen LogP contribution is -2.35. The number of carbonyl (C=O) groups excluding carboxylic acids is 1. The summed E-state index contributed by atoms with van der Waals surface area (Å²) in [5, 5.41) is 6.60. The van der Waals surface area contributed by atoms with Crippen molar-refractivity contribution in [3.05, 3.63) is 58.3 Å². The molecule has 7 heteroatoms. The summed E-state index contributed by atoms with van der Waals surface area (Å²) in [4.78, 5) is 23.2. The number of halogens is 1. The topological polar surface area (TPSA) is 73.2 Å². The van der Waals surface area contributed by atoms with E-state index >= 15 is 0 Å². The first kappa shape index (κ1) is 15.7. The average Bonchev–Trinajstić information content (AvgIpc) is 2.49. The van der Waals surface area contributed by atoms with Crippen molar-refractivity contribution in [2.24, 2.45) is 0 Å². The third-order valence-corrected chi connectivity index (χ3v) is 2.80. The maximum Gasteiger partial charge on any atom is 0.267 e. The minimum absolute atomic E-state index is 0.142. The quantitative estimate of drug-likeness (QED) is 0.804. The maximum absolute atomic E-state index is 12.7. The van der Waals surface area contributed by atoms with Crippen molar-refractivity contribution in [1.82, 2.24) is 15.1 Å². The van der Waals surface area contributed by atoms with Crippen molar-refractivity contribution < 1.29 is 13.9 Å². The highest BCUT2D eigenvalue weighted by atomic mass is 19.1. The van der Waals surface area contributed by atoms with Crippen LogP contribution in [0.5, 0.6) is 5.75 Å². The first-order valence-corrected chi connectivity index (χ1v) is 6.74. The average molecular weight is 305 g/mol. The predicted octanol–water partition coefficient (Wildman–Crippen LogP) is 0.886. The Labute approximate surface area is 126 Å². The fourth-order valence-corrected chi connectivity index (χ4v) is 1.75. The van der Waals surface area contributed by atoms with Crippen LogP contribution in [0.25, 0.3) is 0 Å². The van der Waals surface area contributed by atoms with Gasteiger partial charge in [0.25, 0.3) is 5.56 Å². The van der Waals surface area contributed by atoms with E-state index in [1.54, 1.807) is 13.0 Å². The molecule has 0 saturated heterocycles. The summed E-state index contributed by atoms with van der Waals surface area (Å²) < 4.78 is 19.1. The molecule has 0 spiro atoms. The molecule has 0 bridgehead atoms. The van der Waals surface area contributed by atoms with Crippen LogP contribution in [0.2, 0.25) is 0 Å². The molecule has 116 valence electrons. The lowest BCUT2D eigenvalue weighted by atomic mass is 10.3. The zero-order valence-electron chi connectivity index (χ0n) is 12.1. The largest absolute Gasteiger partial charge is 0.492 e. The number of carbonyl (C=O) groups is 1. The van der Waals surface area contributed by atoms with Crippen molar-refractivity contribution in [3.8, 4) is 5.75 Å². The van der Waals surface area contributed by atoms with Gasteiger partial charge in [0.1, 0.15) is 24.7 Å². The van der Waals surface area contributed by atoms with Gasteiger partial charge in [-0.2, -0.15) is 5.10 Å². The summed E-state index contributed by atoms with van der Waals surface area (Å²) in [5.41, 5.74) is 0.329. The van der Waals surface area contributed by atoms with Gasteiger partial charge < -0.3 is 10.1 Å². The Hall–Kier alpha value is -2.70. The second kappa shape index (κ2) is 7.35. The second-order valence-electron chi connectivity index (χ2n) is 4.62. The molecule has 0 saturated carbocycles. The van der Waals surface area contributed by atoms with E-state index in [0.29, 0.717) is 11.4 Å². The lowest BCUT2D eigenvalue weighted by molar-refractivity contribution is -0.122. The Bertz CT molecular complexity index is 698. The van der Waals surface area contributed by atoms with Gasteiger partial charge in [0.15, 0.2) is 0 Å². The molecule has 1 aromatic heterocycles. The van der Waals surface area contributed by atoms with Crippen LogP contribution in [0, 0.1) is 12.7 Å². The number of ether oxygens (including phenoxy) is 1. The molecule has 2 rings (SSSR count). The van der Waals surface area contributed by atoms with Gasteiger partial charge in [0.05, 0.1) is 12.2 Å². The lowest BCUT2D eigenvalue weighted by Gasteiger charge is -2.08. The van der Waals surface area contributed by atoms with Crippen molar-refractivity contribution in [1.29, 1.82) is 0 Å². The first-order chi connectivity index (χ1) is 10.5. The summed E-state index contributed by atoms with van der Waals surface area (Å²) in [7, 11) is 0. The normalized spacial score (nSPS) is 10.3. The minimum Gasteiger partial charge on any atom is -0.492 e. The highest BCUT2D eigenvalue weighted by molar-refractivity contribution is 5.75. The zero-order valence-corrected chi connectivity index (χ0v) is 12.1. The number of nitrogens with zero attached hydrogens (tertiary/aromatic N) is 2. The number of hydrogen-bond donors (Lipinski definition) is 1. The number of hydrogen-bond acceptors (Lipinski definition) is 4. The molecular formula is C15H16FN3O3. The highest BCUT2D eigenvalue weighted by Crippen LogP contribution is 2.10. The number of amides is 1. The monoisotopic (exact) mass is 305 g/mol. The Kier molecular flexibility index (Phi) is 5.24. The fourth-order valence-electron chi connectivity index (χ4n) is 1.75. The Morgan fingerprint density at radius 2 is 2.00 bits per heavy atom. The van der Waals surface area contributed by atoms with E-state index in [-0.39, 0.29) is 37.0 Å². The van der Waals surface area contributed by atoms with E-state index in [1.165, 1.54) is 30.3 Å². The van der Waals surface area contributed by atoms with Gasteiger partial charge in [-0.15, -0.1) is 0 Å². The summed E-state index contributed by atoms with van der Waals surface area (Å²) in [6.07, 6.45) is 0. The van der Waals surface area contributed by atoms with Gasteiger partial charge in [-0.1, -0.05) is 0 Å². The van der Waals surface area contributed by atoms with Crippen LogP contribution in [0.3, 0.4) is 0 Å². The van der Waals surface area contributed by atoms with Gasteiger partial charge in [0, 0.05) is 6.07 Å². The molecule has 0 atom stereocenters. The molecule has 0 aliphatic heterocycles. The SMILES string of the molecule is Cc1ccc(=O)n(CC(=O)NCCOc2ccc(F)cc2)n1. The summed E-state index contributed by atoms with van der Waals surface area (Å²) >= 11 is 0. The molecule has 1 aromatic carbocycles. The van der Waals surface area contributed by atoms with Crippen LogP contribution in [-0.4, -0.2) is 28.8 Å². The third-order valence-electron chi connectivity index (χ3n) is 2.80. The Balaban J connectivity index is 1.75. The van der Waals surface area contributed by atoms with Crippen molar-refractivity contribution in [2.75, 3.05) is 13.2 Å². The molecule has 0 unspecified atom stereocenters. The molecule has 1 amide bonds. The molecule has 0 radical (unpaired) electrons. The molecular weight excluding hydrogens is 289 g/mol. The molecule has 0 fully saturated rings. The molecule has 2 aromatic rings. The van der Waals surface area contributed by atoms with Gasteiger partial charge >= 0.3 is 0 Å². The fraction of sp³-hybridized carbons (Fsp3) is 0.267. The number of nitrogens with one attached hydrogen (secondary N) is 1. The van der Waals surface area contributed by atoms with Gasteiger partial charge in [-0.05, 0) is 37.3 Å². The number of aromatic nitrogens is 2. The Morgan fingerprint density at radius 3 is 2.73 bits per heavy atom. The van der Waals surface area contributed by atoms with E-state index in [2.05, 4.69) is 10.4 Å². The van der Waals surface area contributed by atoms with Crippen molar-refractivity contribution >= 4 is 5.91 Å². The standard InChI is InChI=1S/C15H16FN3O3/c1-11-2-7-15(21)19(18-11)10-14(20)17-8-9-22-13-5-3-12(16)4-6-13/h2-7H,8-10H2,1H3,(H,17,20). The summed E-state index contributed by atoms with van der Waals surface area (Å²) in [5.74, 6) is -0.146. The number of aryl methyl sites for hydroxylation is 1. The summed E-state index contributed by atoms with van der Waals surface area (Å²) in [6, 6.07) is 8.56. The zero-order chi connectivity index (χ0) is 15.9. The van der Waals surface area contributed by atoms with Crippen LogP contribution in [-0.2, 0) is 11.3 Å². The van der Waals surface area contributed by atoms with Crippen LogP contribution >= 0.6 is 0 Å². The van der Waals surface area contributed by atoms with E-state index in [0.717, 1.165) is 4.68 Å². The van der Waals surface area contributed by atoms with E-state index in [9.17, 15) is 14.0 Å². The van der Waals surface area contributed by atoms with Crippen LogP contribution in [0.1, 0.15) is 5.69 Å². The van der Waals surface area contributed by atoms with Crippen molar-refractivity contribution in [3.63, 3.8) is 0 Å². The smallest absolute Gasteiger partial charge is 0.267 e. The number of benzene rings is 1. The second-order valence-corrected chi connectivity index (χ2v) is 4.62. The van der Waals surface area contributed by atoms with Crippen LogP contribution < -0.4 is 15.6 Å². The maximum atomic E-state index is 12.7. The Morgan fingerprint density at radius 1 is 1.27 bits per heavy atom. The molecule has 1 N–H and O–H groups in total. The van der Waals surface area contributed by atoms with E-state index < -0.39 is 0 Å². The van der Waals surface area contributed by atoms with Gasteiger partial charge in [0.2, 0.25) is 5.91 Å².